The maximum atomic E-state index is 5.42. The van der Waals surface area contributed by atoms with Crippen molar-refractivity contribution in [2.24, 2.45) is 10.9 Å². The Morgan fingerprint density at radius 3 is 2.71 bits per heavy atom. The topological polar surface area (TPSA) is 40.1 Å². The normalized spacial score (nSPS) is 20.6. The highest BCUT2D eigenvalue weighted by molar-refractivity contribution is 5.80. The van der Waals surface area contributed by atoms with Crippen molar-refractivity contribution < 1.29 is 4.74 Å². The molecule has 1 atom stereocenters. The molecule has 3 rings (SSSR count). The Bertz CT molecular complexity index is 554. The van der Waals surface area contributed by atoms with Gasteiger partial charge in [-0.25, -0.2) is 0 Å². The molecule has 5 nitrogen and oxygen atoms in total. The maximum Gasteiger partial charge on any atom is 0.193 e. The highest BCUT2D eigenvalue weighted by Gasteiger charge is 2.19. The maximum absolute atomic E-state index is 5.42. The molecule has 24 heavy (non-hydrogen) atoms. The van der Waals surface area contributed by atoms with Crippen LogP contribution in [0.25, 0.3) is 0 Å². The highest BCUT2D eigenvalue weighted by Crippen LogP contribution is 2.18. The molecule has 0 aromatic heterocycles. The summed E-state index contributed by atoms with van der Waals surface area (Å²) < 4.78 is 5.42. The molecule has 132 valence electrons. The van der Waals surface area contributed by atoms with Gasteiger partial charge in [0.25, 0.3) is 0 Å². The average Bonchev–Trinajstić information content (AvgIpc) is 2.63. The third kappa shape index (κ3) is 4.48. The minimum atomic E-state index is 0.594. The number of rotatable bonds is 4. The van der Waals surface area contributed by atoms with E-state index in [1.165, 1.54) is 11.1 Å². The molecule has 2 heterocycles. The molecular formula is C19H30N4O. The summed E-state index contributed by atoms with van der Waals surface area (Å²) in [6.07, 6.45) is 1.10. The van der Waals surface area contributed by atoms with Gasteiger partial charge in [0.05, 0.1) is 13.2 Å². The number of ether oxygens (including phenoxy) is 1. The summed E-state index contributed by atoms with van der Waals surface area (Å²) in [5.41, 5.74) is 2.90. The summed E-state index contributed by atoms with van der Waals surface area (Å²) in [4.78, 5) is 9.36. The summed E-state index contributed by atoms with van der Waals surface area (Å²) >= 11 is 0. The first-order valence-electron chi connectivity index (χ1n) is 9.08. The quantitative estimate of drug-likeness (QED) is 0.672. The van der Waals surface area contributed by atoms with Crippen LogP contribution < -0.4 is 5.32 Å². The van der Waals surface area contributed by atoms with E-state index in [1.54, 1.807) is 0 Å². The molecule has 5 heteroatoms. The number of aliphatic imine (C=N–C) groups is 1. The van der Waals surface area contributed by atoms with Gasteiger partial charge in [0.15, 0.2) is 5.96 Å². The molecule has 0 radical (unpaired) electrons. The molecule has 1 unspecified atom stereocenters. The average molecular weight is 330 g/mol. The van der Waals surface area contributed by atoms with Crippen LogP contribution in [-0.2, 0) is 17.7 Å². The van der Waals surface area contributed by atoms with Crippen LogP contribution in [-0.4, -0.2) is 68.7 Å². The molecule has 0 bridgehead atoms. The van der Waals surface area contributed by atoms with Crippen LogP contribution in [0.4, 0.5) is 0 Å². The molecule has 0 saturated carbocycles. The van der Waals surface area contributed by atoms with E-state index >= 15 is 0 Å². The molecule has 2 aliphatic rings. The van der Waals surface area contributed by atoms with E-state index in [9.17, 15) is 0 Å². The van der Waals surface area contributed by atoms with Crippen LogP contribution in [0.2, 0.25) is 0 Å². The van der Waals surface area contributed by atoms with Crippen LogP contribution >= 0.6 is 0 Å². The fourth-order valence-corrected chi connectivity index (χ4v) is 3.56. The van der Waals surface area contributed by atoms with Crippen LogP contribution in [0.15, 0.2) is 29.3 Å². The van der Waals surface area contributed by atoms with E-state index in [1.807, 2.05) is 7.05 Å². The van der Waals surface area contributed by atoms with Crippen LogP contribution in [0.1, 0.15) is 18.1 Å². The molecule has 0 aliphatic carbocycles. The molecule has 0 amide bonds. The second-order valence-electron chi connectivity index (χ2n) is 6.89. The third-order valence-electron chi connectivity index (χ3n) is 4.92. The first-order valence-corrected chi connectivity index (χ1v) is 9.08. The summed E-state index contributed by atoms with van der Waals surface area (Å²) in [6.45, 7) is 10.2. The predicted molar refractivity (Wildman–Crippen MR) is 98.3 cm³/mol. The Labute approximate surface area is 145 Å². The van der Waals surface area contributed by atoms with Crippen molar-refractivity contribution >= 4 is 5.96 Å². The lowest BCUT2D eigenvalue weighted by atomic mass is 10.0. The van der Waals surface area contributed by atoms with E-state index in [4.69, 9.17) is 4.74 Å². The van der Waals surface area contributed by atoms with Gasteiger partial charge in [0.2, 0.25) is 0 Å². The van der Waals surface area contributed by atoms with Gasteiger partial charge in [-0.05, 0) is 23.5 Å². The van der Waals surface area contributed by atoms with Crippen molar-refractivity contribution in [2.45, 2.75) is 19.9 Å². The number of nitrogens with one attached hydrogen (secondary N) is 1. The molecule has 1 aromatic carbocycles. The number of benzene rings is 1. The van der Waals surface area contributed by atoms with Crippen LogP contribution in [0.5, 0.6) is 0 Å². The molecule has 1 saturated heterocycles. The molecular weight excluding hydrogens is 300 g/mol. The minimum absolute atomic E-state index is 0.594. The Morgan fingerprint density at radius 2 is 1.96 bits per heavy atom. The van der Waals surface area contributed by atoms with E-state index in [2.05, 4.69) is 51.3 Å². The number of guanidine groups is 1. The molecule has 0 spiro atoms. The first kappa shape index (κ1) is 17.2. The Kier molecular flexibility index (Phi) is 6.10. The van der Waals surface area contributed by atoms with Crippen molar-refractivity contribution in [3.63, 3.8) is 0 Å². The van der Waals surface area contributed by atoms with Gasteiger partial charge in [-0.1, -0.05) is 31.2 Å². The van der Waals surface area contributed by atoms with Gasteiger partial charge >= 0.3 is 0 Å². The van der Waals surface area contributed by atoms with Crippen LogP contribution in [0.3, 0.4) is 0 Å². The smallest absolute Gasteiger partial charge is 0.193 e. The van der Waals surface area contributed by atoms with Gasteiger partial charge in [-0.3, -0.25) is 9.89 Å². The van der Waals surface area contributed by atoms with Gasteiger partial charge in [0, 0.05) is 46.3 Å². The first-order chi connectivity index (χ1) is 11.8. The standard InChI is InChI=1S/C19H30N4O/c1-16(14-22-9-11-24-12-10-22)13-21-19(20-2)23-8-7-17-5-3-4-6-18(17)15-23/h3-6,16H,7-15H2,1-2H3,(H,20,21). The number of fused-ring (bicyclic) bond motifs is 1. The number of hydrogen-bond donors (Lipinski definition) is 1. The highest BCUT2D eigenvalue weighted by atomic mass is 16.5. The van der Waals surface area contributed by atoms with Crippen molar-refractivity contribution in [3.05, 3.63) is 35.4 Å². The third-order valence-corrected chi connectivity index (χ3v) is 4.92. The van der Waals surface area contributed by atoms with E-state index < -0.39 is 0 Å². The Balaban J connectivity index is 1.48. The summed E-state index contributed by atoms with van der Waals surface area (Å²) in [5.74, 6) is 1.62. The van der Waals surface area contributed by atoms with E-state index in [0.29, 0.717) is 5.92 Å². The second-order valence-corrected chi connectivity index (χ2v) is 6.89. The summed E-state index contributed by atoms with van der Waals surface area (Å²) in [5, 5.41) is 3.58. The van der Waals surface area contributed by atoms with Gasteiger partial charge < -0.3 is 15.0 Å². The Morgan fingerprint density at radius 1 is 1.21 bits per heavy atom. The largest absolute Gasteiger partial charge is 0.379 e. The zero-order valence-electron chi connectivity index (χ0n) is 15.0. The van der Waals surface area contributed by atoms with Crippen molar-refractivity contribution in [1.82, 2.24) is 15.1 Å². The summed E-state index contributed by atoms with van der Waals surface area (Å²) in [7, 11) is 1.88. The second kappa shape index (κ2) is 8.49. The zero-order chi connectivity index (χ0) is 16.8. The van der Waals surface area contributed by atoms with Crippen molar-refractivity contribution in [3.8, 4) is 0 Å². The molecule has 1 aromatic rings. The molecule has 1 fully saturated rings. The van der Waals surface area contributed by atoms with Crippen molar-refractivity contribution in [2.75, 3.05) is 53.0 Å². The van der Waals surface area contributed by atoms with Gasteiger partial charge in [0.1, 0.15) is 0 Å². The fourth-order valence-electron chi connectivity index (χ4n) is 3.56. The van der Waals surface area contributed by atoms with E-state index in [-0.39, 0.29) is 0 Å². The van der Waals surface area contributed by atoms with Gasteiger partial charge in [-0.15, -0.1) is 0 Å². The zero-order valence-corrected chi connectivity index (χ0v) is 15.0. The molecule has 2 aliphatic heterocycles. The lowest BCUT2D eigenvalue weighted by Gasteiger charge is -2.33. The monoisotopic (exact) mass is 330 g/mol. The molecule has 1 N–H and O–H groups in total. The lowest BCUT2D eigenvalue weighted by Crippen LogP contribution is -2.47. The lowest BCUT2D eigenvalue weighted by molar-refractivity contribution is 0.0320. The Hall–Kier alpha value is -1.59. The number of morpholine rings is 1. The number of hydrogen-bond acceptors (Lipinski definition) is 3. The van der Waals surface area contributed by atoms with Crippen molar-refractivity contribution in [1.29, 1.82) is 0 Å². The summed E-state index contributed by atoms with van der Waals surface area (Å²) in [6, 6.07) is 8.74. The SMILES string of the molecule is CN=C(NCC(C)CN1CCOCC1)N1CCc2ccccc2C1. The van der Waals surface area contributed by atoms with Gasteiger partial charge in [-0.2, -0.15) is 0 Å². The number of nitrogens with zero attached hydrogens (tertiary/aromatic N) is 3. The minimum Gasteiger partial charge on any atom is -0.379 e. The fraction of sp³-hybridized carbons (Fsp3) is 0.632. The van der Waals surface area contributed by atoms with E-state index in [0.717, 1.165) is 64.9 Å². The predicted octanol–water partition coefficient (Wildman–Crippen LogP) is 1.59. The van der Waals surface area contributed by atoms with Crippen LogP contribution in [0, 0.1) is 5.92 Å².